The summed E-state index contributed by atoms with van der Waals surface area (Å²) in [6.07, 6.45) is -4.46. The van der Waals surface area contributed by atoms with Gasteiger partial charge in [0.2, 0.25) is 0 Å². The molecule has 3 nitrogen and oxygen atoms in total. The summed E-state index contributed by atoms with van der Waals surface area (Å²) >= 11 is 1.72. The molecule has 1 aliphatic heterocycles. The van der Waals surface area contributed by atoms with Gasteiger partial charge in [-0.05, 0) is 47.2 Å². The molecule has 1 aromatic carbocycles. The van der Waals surface area contributed by atoms with Crippen LogP contribution in [-0.2, 0) is 17.5 Å². The number of benzene rings is 1. The van der Waals surface area contributed by atoms with Gasteiger partial charge in [-0.1, -0.05) is 0 Å². The van der Waals surface area contributed by atoms with Crippen molar-refractivity contribution >= 4 is 22.6 Å². The fraction of sp³-hybridized carbons (Fsp3) is 0.538. The minimum atomic E-state index is -4.54. The van der Waals surface area contributed by atoms with E-state index in [2.05, 4.69) is 4.90 Å². The third kappa shape index (κ3) is 3.76. The summed E-state index contributed by atoms with van der Waals surface area (Å²) in [4.78, 5) is 2.05. The van der Waals surface area contributed by atoms with Gasteiger partial charge >= 0.3 is 6.18 Å². The summed E-state index contributed by atoms with van der Waals surface area (Å²) < 4.78 is 44.2. The van der Waals surface area contributed by atoms with E-state index in [1.54, 1.807) is 28.7 Å². The fourth-order valence-corrected chi connectivity index (χ4v) is 2.95. The number of alkyl halides is 3. The molecule has 1 heterocycles. The molecule has 112 valence electrons. The predicted octanol–water partition coefficient (Wildman–Crippen LogP) is 3.24. The monoisotopic (exact) mass is 401 g/mol. The van der Waals surface area contributed by atoms with E-state index in [-0.39, 0.29) is 9.67 Å². The first-order valence-corrected chi connectivity index (χ1v) is 7.28. The predicted molar refractivity (Wildman–Crippen MR) is 76.5 cm³/mol. The smallest absolute Gasteiger partial charge is 0.420 e. The number of hydrogen-bond acceptors (Lipinski definition) is 3. The van der Waals surface area contributed by atoms with Gasteiger partial charge in [-0.3, -0.25) is 4.90 Å². The van der Waals surface area contributed by atoms with Crippen molar-refractivity contribution < 1.29 is 23.0 Å². The standard InChI is InChI=1S/C13H15F3INO2/c1-8-6-18(2-3-20-8)7-9-4-10(13(14,15)16)12(19)11(17)5-9/h4-5,8,19H,2-3,6-7H2,1H3/t8-/m1/s1. The lowest BCUT2D eigenvalue weighted by atomic mass is 10.1. The van der Waals surface area contributed by atoms with E-state index < -0.39 is 17.5 Å². The number of aromatic hydroxyl groups is 1. The van der Waals surface area contributed by atoms with Crippen LogP contribution in [0.1, 0.15) is 18.1 Å². The lowest BCUT2D eigenvalue weighted by Gasteiger charge is -2.31. The van der Waals surface area contributed by atoms with E-state index in [0.29, 0.717) is 31.8 Å². The number of morpholine rings is 1. The largest absolute Gasteiger partial charge is 0.506 e. The Bertz CT molecular complexity index is 493. The number of ether oxygens (including phenoxy) is 1. The van der Waals surface area contributed by atoms with Gasteiger partial charge in [0.1, 0.15) is 5.75 Å². The van der Waals surface area contributed by atoms with Gasteiger partial charge in [0.25, 0.3) is 0 Å². The second-order valence-corrected chi connectivity index (χ2v) is 6.05. The molecule has 0 bridgehead atoms. The van der Waals surface area contributed by atoms with Gasteiger partial charge in [0, 0.05) is 19.6 Å². The molecule has 2 rings (SSSR count). The Morgan fingerprint density at radius 2 is 2.15 bits per heavy atom. The lowest BCUT2D eigenvalue weighted by molar-refractivity contribution is -0.138. The molecule has 1 N–H and O–H groups in total. The third-order valence-electron chi connectivity index (χ3n) is 3.16. The van der Waals surface area contributed by atoms with E-state index in [1.165, 1.54) is 0 Å². The number of halogens is 4. The van der Waals surface area contributed by atoms with Gasteiger partial charge in [-0.15, -0.1) is 0 Å². The number of rotatable bonds is 2. The Balaban J connectivity index is 2.22. The first-order valence-electron chi connectivity index (χ1n) is 6.20. The first kappa shape index (κ1) is 15.8. The lowest BCUT2D eigenvalue weighted by Crippen LogP contribution is -2.40. The maximum absolute atomic E-state index is 12.9. The Morgan fingerprint density at radius 1 is 1.45 bits per heavy atom. The summed E-state index contributed by atoms with van der Waals surface area (Å²) in [7, 11) is 0. The molecule has 0 unspecified atom stereocenters. The summed E-state index contributed by atoms with van der Waals surface area (Å²) in [6.45, 7) is 4.34. The van der Waals surface area contributed by atoms with Gasteiger partial charge in [0.05, 0.1) is 21.8 Å². The molecule has 1 aromatic rings. The molecular formula is C13H15F3INO2. The van der Waals surface area contributed by atoms with Crippen molar-refractivity contribution in [1.29, 1.82) is 0 Å². The second-order valence-electron chi connectivity index (χ2n) is 4.89. The number of phenols is 1. The Hall–Kier alpha value is -0.540. The fourth-order valence-electron chi connectivity index (χ4n) is 2.25. The third-order valence-corrected chi connectivity index (χ3v) is 3.98. The van der Waals surface area contributed by atoms with Crippen LogP contribution in [0.3, 0.4) is 0 Å². The van der Waals surface area contributed by atoms with Gasteiger partial charge in [0.15, 0.2) is 0 Å². The van der Waals surface area contributed by atoms with Crippen molar-refractivity contribution in [2.45, 2.75) is 25.7 Å². The molecule has 0 amide bonds. The zero-order chi connectivity index (χ0) is 14.9. The molecule has 7 heteroatoms. The quantitative estimate of drug-likeness (QED) is 0.773. The minimum absolute atomic E-state index is 0.0852. The highest BCUT2D eigenvalue weighted by molar-refractivity contribution is 14.1. The molecule has 0 spiro atoms. The van der Waals surface area contributed by atoms with Crippen LogP contribution in [0.15, 0.2) is 12.1 Å². The van der Waals surface area contributed by atoms with E-state index in [4.69, 9.17) is 4.74 Å². The first-order chi connectivity index (χ1) is 9.27. The Morgan fingerprint density at radius 3 is 2.75 bits per heavy atom. The Kier molecular flexibility index (Phi) is 4.80. The maximum atomic E-state index is 12.9. The number of phenolic OH excluding ortho intramolecular Hbond substituents is 1. The molecule has 1 aliphatic rings. The van der Waals surface area contributed by atoms with Crippen molar-refractivity contribution in [2.75, 3.05) is 19.7 Å². The normalized spacial score (nSPS) is 21.1. The summed E-state index contributed by atoms with van der Waals surface area (Å²) in [6, 6.07) is 2.61. The number of nitrogens with zero attached hydrogens (tertiary/aromatic N) is 1. The molecule has 1 saturated heterocycles. The van der Waals surface area contributed by atoms with E-state index in [9.17, 15) is 18.3 Å². The van der Waals surface area contributed by atoms with Crippen LogP contribution >= 0.6 is 22.6 Å². The van der Waals surface area contributed by atoms with Crippen LogP contribution in [0.5, 0.6) is 5.75 Å². The highest BCUT2D eigenvalue weighted by Crippen LogP contribution is 2.39. The van der Waals surface area contributed by atoms with Gasteiger partial charge < -0.3 is 9.84 Å². The molecule has 0 aliphatic carbocycles. The zero-order valence-electron chi connectivity index (χ0n) is 10.9. The topological polar surface area (TPSA) is 32.7 Å². The van der Waals surface area contributed by atoms with Crippen molar-refractivity contribution in [1.82, 2.24) is 4.90 Å². The number of hydrogen-bond donors (Lipinski definition) is 1. The van der Waals surface area contributed by atoms with E-state index in [0.717, 1.165) is 6.07 Å². The minimum Gasteiger partial charge on any atom is -0.506 e. The van der Waals surface area contributed by atoms with Crippen LogP contribution in [0, 0.1) is 3.57 Å². The van der Waals surface area contributed by atoms with Crippen LogP contribution in [-0.4, -0.2) is 35.8 Å². The van der Waals surface area contributed by atoms with E-state index >= 15 is 0 Å². The van der Waals surface area contributed by atoms with E-state index in [1.807, 2.05) is 6.92 Å². The molecule has 1 fully saturated rings. The molecular weight excluding hydrogens is 386 g/mol. The molecule has 0 saturated carbocycles. The average molecular weight is 401 g/mol. The van der Waals surface area contributed by atoms with Crippen LogP contribution in [0.2, 0.25) is 0 Å². The molecule has 0 aromatic heterocycles. The molecule has 0 radical (unpaired) electrons. The zero-order valence-corrected chi connectivity index (χ0v) is 13.0. The highest BCUT2D eigenvalue weighted by atomic mass is 127. The van der Waals surface area contributed by atoms with Crippen LogP contribution < -0.4 is 0 Å². The van der Waals surface area contributed by atoms with Gasteiger partial charge in [-0.25, -0.2) is 0 Å². The summed E-state index contributed by atoms with van der Waals surface area (Å²) in [5, 5.41) is 9.54. The van der Waals surface area contributed by atoms with Crippen LogP contribution in [0.25, 0.3) is 0 Å². The second kappa shape index (κ2) is 6.07. The molecule has 20 heavy (non-hydrogen) atoms. The van der Waals surface area contributed by atoms with Gasteiger partial charge in [-0.2, -0.15) is 13.2 Å². The average Bonchev–Trinajstić information content (AvgIpc) is 2.32. The SMILES string of the molecule is C[C@@H]1CN(Cc2cc(I)c(O)c(C(F)(F)F)c2)CCO1. The van der Waals surface area contributed by atoms with Crippen molar-refractivity contribution in [3.63, 3.8) is 0 Å². The highest BCUT2D eigenvalue weighted by Gasteiger charge is 2.35. The molecule has 1 atom stereocenters. The van der Waals surface area contributed by atoms with Crippen LogP contribution in [0.4, 0.5) is 13.2 Å². The summed E-state index contributed by atoms with van der Waals surface area (Å²) in [5.74, 6) is -0.697. The Labute approximate surface area is 128 Å². The van der Waals surface area contributed by atoms with Crippen molar-refractivity contribution in [2.24, 2.45) is 0 Å². The van der Waals surface area contributed by atoms with Crippen molar-refractivity contribution in [3.8, 4) is 5.75 Å². The maximum Gasteiger partial charge on any atom is 0.420 e. The van der Waals surface area contributed by atoms with Crippen molar-refractivity contribution in [3.05, 3.63) is 26.8 Å². The summed E-state index contributed by atoms with van der Waals surface area (Å²) in [5.41, 5.74) is -0.422.